The Morgan fingerprint density at radius 2 is 2.04 bits per heavy atom. The summed E-state index contributed by atoms with van der Waals surface area (Å²) in [7, 11) is 0. The number of aromatic amines is 2. The Hall–Kier alpha value is -2.54. The molecule has 2 aliphatic rings. The molecule has 2 aromatic rings. The number of allylic oxidation sites excluding steroid dienone is 2. The van der Waals surface area contributed by atoms with Crippen molar-refractivity contribution in [3.63, 3.8) is 0 Å². The van der Waals surface area contributed by atoms with E-state index in [0.717, 1.165) is 17.7 Å². The first-order valence-corrected chi connectivity index (χ1v) is 8.56. The summed E-state index contributed by atoms with van der Waals surface area (Å²) in [5, 5.41) is 3.26. The van der Waals surface area contributed by atoms with Gasteiger partial charge in [0.2, 0.25) is 0 Å². The van der Waals surface area contributed by atoms with E-state index in [1.54, 1.807) is 12.4 Å². The number of Topliss-reactive ketones (excluding diaryl/α,β-unsaturated/α-hetero) is 1. The smallest absolute Gasteiger partial charge is 0.257 e. The van der Waals surface area contributed by atoms with Crippen molar-refractivity contribution in [1.29, 1.82) is 0 Å². The van der Waals surface area contributed by atoms with E-state index in [-0.39, 0.29) is 21.5 Å². The van der Waals surface area contributed by atoms with Gasteiger partial charge in [0.1, 0.15) is 5.82 Å². The molecule has 2 aromatic heterocycles. The van der Waals surface area contributed by atoms with Crippen LogP contribution in [-0.2, 0) is 4.79 Å². The highest BCUT2D eigenvalue weighted by Gasteiger charge is 2.42. The highest BCUT2D eigenvalue weighted by molar-refractivity contribution is 7.71. The number of rotatable bonds is 1. The number of carbonyl (C=O) groups excluding carboxylic acids is 1. The quantitative estimate of drug-likeness (QED) is 0.685. The average molecular weight is 354 g/mol. The second-order valence-corrected chi connectivity index (χ2v) is 7.78. The Labute approximate surface area is 149 Å². The first kappa shape index (κ1) is 16.0. The van der Waals surface area contributed by atoms with Crippen LogP contribution in [0.15, 0.2) is 40.6 Å². The molecular weight excluding hydrogens is 336 g/mol. The van der Waals surface area contributed by atoms with E-state index in [1.165, 1.54) is 0 Å². The number of hydrogen-bond donors (Lipinski definition) is 3. The van der Waals surface area contributed by atoms with Crippen LogP contribution < -0.4 is 10.9 Å². The first-order valence-electron chi connectivity index (χ1n) is 8.15. The zero-order valence-corrected chi connectivity index (χ0v) is 14.8. The molecule has 25 heavy (non-hydrogen) atoms. The van der Waals surface area contributed by atoms with Gasteiger partial charge in [0.25, 0.3) is 5.56 Å². The number of anilines is 1. The summed E-state index contributed by atoms with van der Waals surface area (Å²) >= 11 is 5.11. The summed E-state index contributed by atoms with van der Waals surface area (Å²) in [6.45, 7) is 4.15. The monoisotopic (exact) mass is 354 g/mol. The van der Waals surface area contributed by atoms with Gasteiger partial charge in [-0.05, 0) is 35.7 Å². The summed E-state index contributed by atoms with van der Waals surface area (Å²) in [4.78, 5) is 35.4. The number of pyridine rings is 1. The maximum atomic E-state index is 13.0. The predicted octanol–water partition coefficient (Wildman–Crippen LogP) is 3.03. The van der Waals surface area contributed by atoms with Crippen molar-refractivity contribution in [1.82, 2.24) is 15.0 Å². The molecule has 0 saturated heterocycles. The molecule has 3 N–H and O–H groups in total. The molecule has 3 heterocycles. The molecular formula is C18H18N4O2S. The lowest BCUT2D eigenvalue weighted by Gasteiger charge is -2.38. The van der Waals surface area contributed by atoms with Crippen LogP contribution in [0.3, 0.4) is 0 Å². The van der Waals surface area contributed by atoms with Crippen LogP contribution in [0.2, 0.25) is 0 Å². The minimum atomic E-state index is -0.445. The number of H-pyrrole nitrogens is 2. The van der Waals surface area contributed by atoms with Gasteiger partial charge in [0, 0.05) is 36.0 Å². The van der Waals surface area contributed by atoms with Gasteiger partial charge in [-0.1, -0.05) is 19.9 Å². The SMILES string of the molecule is CC1(C)CC(=O)C2=C(C1)Nc1[nH]c(=S)[nH]c(=O)c1[C@H]2c1cccnc1. The second-order valence-electron chi connectivity index (χ2n) is 7.37. The van der Waals surface area contributed by atoms with Gasteiger partial charge in [-0.25, -0.2) is 0 Å². The molecule has 4 rings (SSSR count). The van der Waals surface area contributed by atoms with Gasteiger partial charge in [0.05, 0.1) is 5.56 Å². The third-order valence-corrected chi connectivity index (χ3v) is 4.97. The van der Waals surface area contributed by atoms with Gasteiger partial charge in [-0.2, -0.15) is 0 Å². The van der Waals surface area contributed by atoms with E-state index in [4.69, 9.17) is 12.2 Å². The Morgan fingerprint density at radius 1 is 1.24 bits per heavy atom. The van der Waals surface area contributed by atoms with Crippen molar-refractivity contribution < 1.29 is 4.79 Å². The van der Waals surface area contributed by atoms with Gasteiger partial charge < -0.3 is 10.3 Å². The molecule has 0 bridgehead atoms. The lowest BCUT2D eigenvalue weighted by atomic mass is 9.69. The van der Waals surface area contributed by atoms with Crippen LogP contribution >= 0.6 is 12.2 Å². The molecule has 7 heteroatoms. The third-order valence-electron chi connectivity index (χ3n) is 4.77. The maximum absolute atomic E-state index is 13.0. The van der Waals surface area contributed by atoms with Crippen LogP contribution in [0.25, 0.3) is 0 Å². The van der Waals surface area contributed by atoms with Crippen molar-refractivity contribution in [2.24, 2.45) is 5.41 Å². The first-order chi connectivity index (χ1) is 11.9. The Balaban J connectivity index is 2.01. The molecule has 6 nitrogen and oxygen atoms in total. The molecule has 0 spiro atoms. The van der Waals surface area contributed by atoms with Crippen molar-refractivity contribution in [2.75, 3.05) is 5.32 Å². The highest BCUT2D eigenvalue weighted by Crippen LogP contribution is 2.47. The molecule has 1 atom stereocenters. The molecule has 1 aliphatic heterocycles. The summed E-state index contributed by atoms with van der Waals surface area (Å²) in [6.07, 6.45) is 4.58. The number of aromatic nitrogens is 3. The lowest BCUT2D eigenvalue weighted by Crippen LogP contribution is -2.36. The van der Waals surface area contributed by atoms with Crippen LogP contribution in [-0.4, -0.2) is 20.7 Å². The number of fused-ring (bicyclic) bond motifs is 1. The molecule has 1 aliphatic carbocycles. The molecule has 0 unspecified atom stereocenters. The van der Waals surface area contributed by atoms with Crippen LogP contribution in [0.4, 0.5) is 5.82 Å². The average Bonchev–Trinajstić information content (AvgIpc) is 2.52. The Morgan fingerprint density at radius 3 is 2.76 bits per heavy atom. The maximum Gasteiger partial charge on any atom is 0.257 e. The molecule has 0 saturated carbocycles. The molecule has 0 radical (unpaired) electrons. The summed E-state index contributed by atoms with van der Waals surface area (Å²) in [5.41, 5.74) is 2.41. The highest BCUT2D eigenvalue weighted by atomic mass is 32.1. The molecule has 128 valence electrons. The van der Waals surface area contributed by atoms with Gasteiger partial charge in [-0.15, -0.1) is 0 Å². The van der Waals surface area contributed by atoms with Gasteiger partial charge in [0.15, 0.2) is 10.6 Å². The number of ketones is 1. The summed E-state index contributed by atoms with van der Waals surface area (Å²) in [6, 6.07) is 3.71. The summed E-state index contributed by atoms with van der Waals surface area (Å²) in [5.74, 6) is 0.186. The largest absolute Gasteiger partial charge is 0.344 e. The van der Waals surface area contributed by atoms with Gasteiger partial charge in [-0.3, -0.25) is 19.6 Å². The molecule has 0 aromatic carbocycles. The third kappa shape index (κ3) is 2.64. The number of nitrogens with one attached hydrogen (secondary N) is 3. The van der Waals surface area contributed by atoms with E-state index in [0.29, 0.717) is 23.4 Å². The van der Waals surface area contributed by atoms with Crippen molar-refractivity contribution in [3.05, 3.63) is 62.0 Å². The fraction of sp³-hybridized carbons (Fsp3) is 0.333. The zero-order valence-electron chi connectivity index (χ0n) is 14.0. The van der Waals surface area contributed by atoms with E-state index in [1.807, 2.05) is 12.1 Å². The number of hydrogen-bond acceptors (Lipinski definition) is 5. The van der Waals surface area contributed by atoms with E-state index in [2.05, 4.69) is 34.1 Å². The lowest BCUT2D eigenvalue weighted by molar-refractivity contribution is -0.118. The minimum absolute atomic E-state index is 0.0695. The van der Waals surface area contributed by atoms with E-state index in [9.17, 15) is 9.59 Å². The normalized spacial score (nSPS) is 21.4. The predicted molar refractivity (Wildman–Crippen MR) is 97.0 cm³/mol. The van der Waals surface area contributed by atoms with Gasteiger partial charge >= 0.3 is 0 Å². The molecule has 0 amide bonds. The van der Waals surface area contributed by atoms with Crippen LogP contribution in [0.1, 0.15) is 43.7 Å². The topological polar surface area (TPSA) is 90.6 Å². The number of carbonyl (C=O) groups is 1. The Kier molecular flexibility index (Phi) is 3.50. The fourth-order valence-corrected chi connectivity index (χ4v) is 4.02. The standard InChI is InChI=1S/C18H18N4O2S/c1-18(2)6-10-13(11(23)7-18)12(9-4-3-5-19-8-9)14-15(20-10)21-17(25)22-16(14)24/h3-5,8,12H,6-7H2,1-2H3,(H3,20,21,22,24,25)/t12-/m0/s1. The van der Waals surface area contributed by atoms with Crippen LogP contribution in [0, 0.1) is 10.2 Å². The second kappa shape index (κ2) is 5.49. The molecule has 0 fully saturated rings. The summed E-state index contributed by atoms with van der Waals surface area (Å²) < 4.78 is 0.256. The zero-order chi connectivity index (χ0) is 17.8. The minimum Gasteiger partial charge on any atom is -0.344 e. The van der Waals surface area contributed by atoms with Crippen molar-refractivity contribution >= 4 is 23.8 Å². The van der Waals surface area contributed by atoms with Crippen molar-refractivity contribution in [2.45, 2.75) is 32.6 Å². The fourth-order valence-electron chi connectivity index (χ4n) is 3.83. The van der Waals surface area contributed by atoms with Crippen molar-refractivity contribution in [3.8, 4) is 0 Å². The van der Waals surface area contributed by atoms with E-state index >= 15 is 0 Å². The van der Waals surface area contributed by atoms with E-state index < -0.39 is 5.92 Å². The number of nitrogens with zero attached hydrogens (tertiary/aromatic N) is 1. The Bertz CT molecular complexity index is 1020. The van der Waals surface area contributed by atoms with Crippen LogP contribution in [0.5, 0.6) is 0 Å².